The number of Topliss-reactive ketones (excluding diaryl/α,β-unsaturated/α-hetero) is 1. The number of aliphatic hydroxyl groups excluding tert-OH is 2. The molecule has 0 spiro atoms. The number of hydrogen-bond donors (Lipinski definition) is 4. The van der Waals surface area contributed by atoms with Crippen molar-refractivity contribution in [3.8, 4) is 0 Å². The van der Waals surface area contributed by atoms with E-state index in [-0.39, 0.29) is 18.6 Å². The van der Waals surface area contributed by atoms with Crippen LogP contribution in [0.5, 0.6) is 0 Å². The zero-order valence-corrected chi connectivity index (χ0v) is 35.1. The number of ether oxygens (including phenoxy) is 6. The van der Waals surface area contributed by atoms with Crippen molar-refractivity contribution in [2.45, 2.75) is 156 Å². The Morgan fingerprint density at radius 2 is 1.58 bits per heavy atom. The molecule has 318 valence electrons. The number of fused-ring (bicyclic) bond motifs is 5. The molecule has 16 heteroatoms. The molecule has 2 bridgehead atoms. The second kappa shape index (κ2) is 15.9. The van der Waals surface area contributed by atoms with E-state index in [1.165, 1.54) is 19.1 Å². The minimum atomic E-state index is -2.35. The fourth-order valence-corrected chi connectivity index (χ4v) is 9.04. The lowest BCUT2D eigenvalue weighted by Gasteiger charge is -2.67. The first-order valence-electron chi connectivity index (χ1n) is 19.1. The Bertz CT molecular complexity index is 1760. The predicted molar refractivity (Wildman–Crippen MR) is 201 cm³/mol. The van der Waals surface area contributed by atoms with Crippen LogP contribution in [0.1, 0.15) is 103 Å². The van der Waals surface area contributed by atoms with Gasteiger partial charge in [0.25, 0.3) is 0 Å². The van der Waals surface area contributed by atoms with Gasteiger partial charge in [-0.2, -0.15) is 0 Å². The van der Waals surface area contributed by atoms with Gasteiger partial charge in [-0.1, -0.05) is 38.0 Å². The van der Waals surface area contributed by atoms with Gasteiger partial charge in [-0.3, -0.25) is 14.4 Å². The Morgan fingerprint density at radius 1 is 0.965 bits per heavy atom. The van der Waals surface area contributed by atoms with Crippen LogP contribution in [0.3, 0.4) is 0 Å². The summed E-state index contributed by atoms with van der Waals surface area (Å²) in [4.78, 5) is 81.3. The van der Waals surface area contributed by atoms with E-state index in [9.17, 15) is 39.3 Å². The van der Waals surface area contributed by atoms with Crippen molar-refractivity contribution in [3.63, 3.8) is 0 Å². The zero-order valence-electron chi connectivity index (χ0n) is 35.1. The number of hydrogen-bond acceptors (Lipinski definition) is 15. The van der Waals surface area contributed by atoms with Crippen LogP contribution in [-0.4, -0.2) is 111 Å². The minimum Gasteiger partial charge on any atom is -0.460 e. The Hall–Kier alpha value is -4.12. The normalized spacial score (nSPS) is 33.9. The Morgan fingerprint density at radius 3 is 2.07 bits per heavy atom. The summed E-state index contributed by atoms with van der Waals surface area (Å²) < 4.78 is 35.0. The van der Waals surface area contributed by atoms with Gasteiger partial charge in [-0.15, -0.1) is 0 Å². The van der Waals surface area contributed by atoms with Crippen molar-refractivity contribution in [2.75, 3.05) is 6.61 Å². The monoisotopic (exact) mass is 805 g/mol. The number of carbonyl (C=O) groups is 6. The maximum absolute atomic E-state index is 15.3. The SMILES string of the molecule is CC(=O)OC1=C2C(C)[C@H](OC(=O)[C@H](O)[C@H](C=C(C)C)NC(=O)OC(C)(C)C)C[C@](O)([C@@H](OC(=O)C=C(C)C)[C@@H]3[C@]4(OC(C)=O)CO[C@H]4C[C@H](O)[C@@]3(C)C1=O)C2(C)C. The lowest BCUT2D eigenvalue weighted by atomic mass is 9.45. The predicted octanol–water partition coefficient (Wildman–Crippen LogP) is 3.28. The molecule has 2 saturated carbocycles. The Kier molecular flexibility index (Phi) is 12.7. The van der Waals surface area contributed by atoms with Crippen LogP contribution < -0.4 is 5.32 Å². The molecule has 0 radical (unpaired) electrons. The molecule has 3 fully saturated rings. The molecule has 1 unspecified atom stereocenters. The number of aliphatic hydroxyl groups is 3. The highest BCUT2D eigenvalue weighted by molar-refractivity contribution is 6.02. The molecule has 1 amide bonds. The van der Waals surface area contributed by atoms with Crippen LogP contribution in [0, 0.1) is 22.7 Å². The summed E-state index contributed by atoms with van der Waals surface area (Å²) in [5.74, 6) is -7.86. The third-order valence-corrected chi connectivity index (χ3v) is 11.6. The fourth-order valence-electron chi connectivity index (χ4n) is 9.04. The van der Waals surface area contributed by atoms with Crippen LogP contribution in [-0.2, 0) is 52.4 Å². The summed E-state index contributed by atoms with van der Waals surface area (Å²) >= 11 is 0. The summed E-state index contributed by atoms with van der Waals surface area (Å²) in [6.45, 7) is 19.5. The Balaban J connectivity index is 1.99. The molecule has 16 nitrogen and oxygen atoms in total. The van der Waals surface area contributed by atoms with Gasteiger partial charge >= 0.3 is 30.0 Å². The van der Waals surface area contributed by atoms with E-state index in [0.29, 0.717) is 11.1 Å². The maximum Gasteiger partial charge on any atom is 0.408 e. The molecule has 1 aliphatic heterocycles. The summed E-state index contributed by atoms with van der Waals surface area (Å²) in [7, 11) is 0. The molecule has 1 saturated heterocycles. The number of ketones is 1. The lowest BCUT2D eigenvalue weighted by molar-refractivity contribution is -0.346. The number of amides is 1. The number of nitrogens with one attached hydrogen (secondary N) is 1. The van der Waals surface area contributed by atoms with E-state index in [2.05, 4.69) is 5.32 Å². The number of carbonyl (C=O) groups excluding carboxylic acids is 6. The van der Waals surface area contributed by atoms with Gasteiger partial charge in [0.15, 0.2) is 17.5 Å². The van der Waals surface area contributed by atoms with E-state index < -0.39 is 124 Å². The Labute approximate surface area is 333 Å². The number of rotatable bonds is 9. The van der Waals surface area contributed by atoms with Gasteiger partial charge in [-0.25, -0.2) is 14.4 Å². The first-order chi connectivity index (χ1) is 26.0. The van der Waals surface area contributed by atoms with Gasteiger partial charge in [-0.05, 0) is 61.0 Å². The molecule has 0 aromatic rings. The first kappa shape index (κ1) is 45.6. The number of allylic oxidation sites excluding steroid dienone is 3. The topological polar surface area (TPSA) is 231 Å². The van der Waals surface area contributed by atoms with Crippen LogP contribution in [0.2, 0.25) is 0 Å². The number of alkyl carbamates (subject to hydrolysis) is 1. The summed E-state index contributed by atoms with van der Waals surface area (Å²) in [5, 5.41) is 39.2. The van der Waals surface area contributed by atoms with E-state index >= 15 is 4.79 Å². The lowest BCUT2D eigenvalue weighted by Crippen LogP contribution is -2.81. The minimum absolute atomic E-state index is 0.000116. The second-order valence-corrected chi connectivity index (χ2v) is 18.0. The van der Waals surface area contributed by atoms with Gasteiger partial charge < -0.3 is 49.1 Å². The standard InChI is InChI=1S/C41H59NO15/c1-19(2)14-24(42-36(50)57-37(8,9)10)30(47)35(49)54-25-17-41(51)34(55-28(46)15-20(3)4)32-39(13,26(45)16-27-40(32,18-52-27)56-23(7)44)33(48)31(53-22(6)43)29(21(25)5)38(41,11)12/h14-15,21,24-27,30,32,34,45,47,51H,16-18H2,1-13H3,(H,42,50)/t21?,24-,25+,26-,27-,30+,32-,34-,39+,40-,41-/m0/s1. The fraction of sp³-hybridized carbons (Fsp3) is 0.707. The van der Waals surface area contributed by atoms with Crippen LogP contribution in [0.25, 0.3) is 0 Å². The van der Waals surface area contributed by atoms with Gasteiger partial charge in [0.05, 0.1) is 30.1 Å². The van der Waals surface area contributed by atoms with Crippen molar-refractivity contribution < 1.29 is 72.5 Å². The average molecular weight is 806 g/mol. The molecule has 0 aromatic heterocycles. The van der Waals surface area contributed by atoms with Crippen molar-refractivity contribution in [1.29, 1.82) is 0 Å². The van der Waals surface area contributed by atoms with Crippen molar-refractivity contribution >= 4 is 35.8 Å². The third kappa shape index (κ3) is 8.41. The van der Waals surface area contributed by atoms with Gasteiger partial charge in [0, 0.05) is 44.1 Å². The highest BCUT2D eigenvalue weighted by atomic mass is 16.6. The third-order valence-electron chi connectivity index (χ3n) is 11.6. The molecule has 0 aromatic carbocycles. The molecule has 1 heterocycles. The van der Waals surface area contributed by atoms with Crippen LogP contribution in [0.15, 0.2) is 34.6 Å². The molecule has 3 aliphatic carbocycles. The molecular weight excluding hydrogens is 746 g/mol. The van der Waals surface area contributed by atoms with Crippen molar-refractivity contribution in [2.24, 2.45) is 22.7 Å². The largest absolute Gasteiger partial charge is 0.460 e. The number of esters is 4. The smallest absolute Gasteiger partial charge is 0.408 e. The average Bonchev–Trinajstić information content (AvgIpc) is 3.03. The van der Waals surface area contributed by atoms with E-state index in [4.69, 9.17) is 28.4 Å². The first-order valence-corrected chi connectivity index (χ1v) is 19.1. The van der Waals surface area contributed by atoms with E-state index in [1.54, 1.807) is 69.2 Å². The molecular formula is C41H59NO15. The molecule has 4 N–H and O–H groups in total. The molecule has 11 atom stereocenters. The highest BCUT2D eigenvalue weighted by Gasteiger charge is 2.78. The highest BCUT2D eigenvalue weighted by Crippen LogP contribution is 2.65. The maximum atomic E-state index is 15.3. The molecule has 4 rings (SSSR count). The summed E-state index contributed by atoms with van der Waals surface area (Å²) in [6.07, 6.45) is -6.81. The van der Waals surface area contributed by atoms with E-state index in [1.807, 2.05) is 0 Å². The van der Waals surface area contributed by atoms with Crippen LogP contribution >= 0.6 is 0 Å². The quantitative estimate of drug-likeness (QED) is 0.113. The van der Waals surface area contributed by atoms with Crippen molar-refractivity contribution in [3.05, 3.63) is 34.6 Å². The zero-order chi connectivity index (χ0) is 43.4. The van der Waals surface area contributed by atoms with Gasteiger partial charge in [0.2, 0.25) is 5.78 Å². The van der Waals surface area contributed by atoms with Gasteiger partial charge in [0.1, 0.15) is 29.5 Å². The van der Waals surface area contributed by atoms with Crippen molar-refractivity contribution in [1.82, 2.24) is 5.32 Å². The summed E-state index contributed by atoms with van der Waals surface area (Å²) in [5.41, 5.74) is -7.54. The second-order valence-electron chi connectivity index (χ2n) is 18.0. The summed E-state index contributed by atoms with van der Waals surface area (Å²) in [6, 6.07) is -1.33. The molecule has 4 aliphatic rings. The van der Waals surface area contributed by atoms with E-state index in [0.717, 1.165) is 13.8 Å². The molecule has 57 heavy (non-hydrogen) atoms. The van der Waals surface area contributed by atoms with Crippen LogP contribution in [0.4, 0.5) is 4.79 Å².